The molecule has 0 radical (unpaired) electrons. The summed E-state index contributed by atoms with van der Waals surface area (Å²) in [5.41, 5.74) is 2.83. The molecule has 2 nitrogen and oxygen atoms in total. The molecule has 0 amide bonds. The fraction of sp³-hybridized carbons (Fsp3) is 0.333. The summed E-state index contributed by atoms with van der Waals surface area (Å²) in [6, 6.07) is 0. The second-order valence-electron chi connectivity index (χ2n) is 2.69. The summed E-state index contributed by atoms with van der Waals surface area (Å²) < 4.78 is 0. The number of pyridine rings is 1. The van der Waals surface area contributed by atoms with Crippen LogP contribution < -0.4 is 0 Å². The van der Waals surface area contributed by atoms with Gasteiger partial charge in [0.1, 0.15) is 0 Å². The lowest BCUT2D eigenvalue weighted by Crippen LogP contribution is -1.98. The van der Waals surface area contributed by atoms with E-state index >= 15 is 0 Å². The van der Waals surface area contributed by atoms with Crippen molar-refractivity contribution in [1.82, 2.24) is 4.98 Å². The first-order valence-corrected chi connectivity index (χ1v) is 3.55. The van der Waals surface area contributed by atoms with Crippen LogP contribution in [0.4, 0.5) is 0 Å². The fourth-order valence-corrected chi connectivity index (χ4v) is 0.985. The Kier molecular flexibility index (Phi) is 2.03. The van der Waals surface area contributed by atoms with E-state index in [1.54, 1.807) is 19.3 Å². The first kappa shape index (κ1) is 7.92. The summed E-state index contributed by atoms with van der Waals surface area (Å²) in [6.07, 6.45) is 3.38. The molecule has 0 N–H and O–H groups in total. The number of Topliss-reactive ketones (excluding diaryl/α,β-unsaturated/α-hetero) is 1. The number of rotatable bonds is 1. The number of aryl methyl sites for hydroxylation is 1. The van der Waals surface area contributed by atoms with Crippen molar-refractivity contribution >= 4 is 5.78 Å². The van der Waals surface area contributed by atoms with E-state index in [1.165, 1.54) is 0 Å². The molecule has 0 aliphatic rings. The molecule has 1 aromatic heterocycles. The van der Waals surface area contributed by atoms with E-state index in [2.05, 4.69) is 4.98 Å². The highest BCUT2D eigenvalue weighted by Gasteiger charge is 2.04. The lowest BCUT2D eigenvalue weighted by molar-refractivity contribution is 0.101. The normalized spacial score (nSPS) is 9.73. The minimum absolute atomic E-state index is 0.0821. The predicted octanol–water partition coefficient (Wildman–Crippen LogP) is 1.90. The van der Waals surface area contributed by atoms with Gasteiger partial charge < -0.3 is 0 Å². The van der Waals surface area contributed by atoms with Crippen LogP contribution in [0.25, 0.3) is 0 Å². The Morgan fingerprint density at radius 1 is 1.36 bits per heavy atom. The third kappa shape index (κ3) is 1.45. The molecule has 0 atom stereocenters. The summed E-state index contributed by atoms with van der Waals surface area (Å²) >= 11 is 0. The van der Waals surface area contributed by atoms with Gasteiger partial charge in [-0.15, -0.1) is 0 Å². The maximum absolute atomic E-state index is 11.0. The quantitative estimate of drug-likeness (QED) is 0.571. The number of hydrogen-bond acceptors (Lipinski definition) is 2. The van der Waals surface area contributed by atoms with Gasteiger partial charge in [-0.05, 0) is 31.9 Å². The van der Waals surface area contributed by atoms with Crippen LogP contribution >= 0.6 is 0 Å². The molecule has 0 aliphatic heterocycles. The minimum Gasteiger partial charge on any atom is -0.294 e. The van der Waals surface area contributed by atoms with Gasteiger partial charge >= 0.3 is 0 Å². The van der Waals surface area contributed by atoms with Gasteiger partial charge in [-0.1, -0.05) is 0 Å². The Bertz CT molecular complexity index is 292. The van der Waals surface area contributed by atoms with Gasteiger partial charge in [0, 0.05) is 18.0 Å². The minimum atomic E-state index is 0.0821. The van der Waals surface area contributed by atoms with Crippen molar-refractivity contribution in [3.05, 3.63) is 29.1 Å². The van der Waals surface area contributed by atoms with Crippen molar-refractivity contribution in [2.75, 3.05) is 0 Å². The highest BCUT2D eigenvalue weighted by atomic mass is 16.1. The van der Waals surface area contributed by atoms with E-state index in [1.807, 2.05) is 13.8 Å². The number of hydrogen-bond donors (Lipinski definition) is 0. The van der Waals surface area contributed by atoms with E-state index < -0.39 is 0 Å². The molecule has 2 heteroatoms. The molecule has 0 aromatic carbocycles. The van der Waals surface area contributed by atoms with E-state index in [-0.39, 0.29) is 5.78 Å². The maximum Gasteiger partial charge on any atom is 0.161 e. The van der Waals surface area contributed by atoms with Crippen molar-refractivity contribution in [3.63, 3.8) is 0 Å². The summed E-state index contributed by atoms with van der Waals surface area (Å²) in [5, 5.41) is 0. The topological polar surface area (TPSA) is 30.0 Å². The van der Waals surface area contributed by atoms with Crippen LogP contribution in [-0.2, 0) is 0 Å². The number of aromatic nitrogens is 1. The summed E-state index contributed by atoms with van der Waals surface area (Å²) in [5.74, 6) is 0.0821. The average molecular weight is 149 g/mol. The van der Waals surface area contributed by atoms with E-state index in [0.29, 0.717) is 0 Å². The predicted molar refractivity (Wildman–Crippen MR) is 43.7 cm³/mol. The molecule has 0 bridgehead atoms. The van der Waals surface area contributed by atoms with Gasteiger partial charge in [0.2, 0.25) is 0 Å². The van der Waals surface area contributed by atoms with Crippen molar-refractivity contribution in [2.24, 2.45) is 0 Å². The van der Waals surface area contributed by atoms with Crippen LogP contribution in [0.3, 0.4) is 0 Å². The summed E-state index contributed by atoms with van der Waals surface area (Å²) in [6.45, 7) is 5.45. The molecule has 0 saturated heterocycles. The Hall–Kier alpha value is -1.18. The molecule has 58 valence electrons. The summed E-state index contributed by atoms with van der Waals surface area (Å²) in [7, 11) is 0. The van der Waals surface area contributed by atoms with Gasteiger partial charge in [-0.3, -0.25) is 9.78 Å². The number of ketones is 1. The van der Waals surface area contributed by atoms with Crippen LogP contribution in [0.15, 0.2) is 12.4 Å². The lowest BCUT2D eigenvalue weighted by atomic mass is 10.1. The van der Waals surface area contributed by atoms with Crippen LogP contribution in [-0.4, -0.2) is 10.8 Å². The summed E-state index contributed by atoms with van der Waals surface area (Å²) in [4.78, 5) is 14.9. The maximum atomic E-state index is 11.0. The molecule has 0 saturated carbocycles. The van der Waals surface area contributed by atoms with Crippen molar-refractivity contribution < 1.29 is 4.79 Å². The largest absolute Gasteiger partial charge is 0.294 e. The van der Waals surface area contributed by atoms with Crippen molar-refractivity contribution in [2.45, 2.75) is 20.8 Å². The van der Waals surface area contributed by atoms with E-state index in [0.717, 1.165) is 16.7 Å². The van der Waals surface area contributed by atoms with E-state index in [9.17, 15) is 4.79 Å². The monoisotopic (exact) mass is 149 g/mol. The molecule has 1 rings (SSSR count). The lowest BCUT2D eigenvalue weighted by Gasteiger charge is -2.02. The highest BCUT2D eigenvalue weighted by molar-refractivity contribution is 5.95. The zero-order valence-corrected chi connectivity index (χ0v) is 7.01. The molecule has 1 aromatic rings. The zero-order chi connectivity index (χ0) is 8.43. The van der Waals surface area contributed by atoms with Gasteiger partial charge in [-0.25, -0.2) is 0 Å². The van der Waals surface area contributed by atoms with Crippen LogP contribution in [0.2, 0.25) is 0 Å². The first-order chi connectivity index (χ1) is 5.13. The number of carbonyl (C=O) groups is 1. The molecule has 0 fully saturated rings. The molecular weight excluding hydrogens is 138 g/mol. The molecule has 0 spiro atoms. The SMILES string of the molecule is CC(=O)c1cncc(C)c1C. The van der Waals surface area contributed by atoms with Crippen LogP contribution in [0.5, 0.6) is 0 Å². The molecule has 0 aliphatic carbocycles. The third-order valence-electron chi connectivity index (χ3n) is 1.85. The second kappa shape index (κ2) is 2.82. The fourth-order valence-electron chi connectivity index (χ4n) is 0.985. The molecule has 0 unspecified atom stereocenters. The first-order valence-electron chi connectivity index (χ1n) is 3.55. The van der Waals surface area contributed by atoms with Crippen LogP contribution in [0.1, 0.15) is 28.4 Å². The Morgan fingerprint density at radius 3 is 2.45 bits per heavy atom. The molecular formula is C9H11NO. The van der Waals surface area contributed by atoms with Crippen LogP contribution in [0, 0.1) is 13.8 Å². The van der Waals surface area contributed by atoms with Gasteiger partial charge in [0.25, 0.3) is 0 Å². The van der Waals surface area contributed by atoms with Gasteiger partial charge in [-0.2, -0.15) is 0 Å². The number of nitrogens with zero attached hydrogens (tertiary/aromatic N) is 1. The van der Waals surface area contributed by atoms with Gasteiger partial charge in [0.15, 0.2) is 5.78 Å². The smallest absolute Gasteiger partial charge is 0.161 e. The number of carbonyl (C=O) groups excluding carboxylic acids is 1. The molecule has 1 heterocycles. The highest BCUT2D eigenvalue weighted by Crippen LogP contribution is 2.10. The van der Waals surface area contributed by atoms with Gasteiger partial charge in [0.05, 0.1) is 0 Å². The third-order valence-corrected chi connectivity index (χ3v) is 1.85. The Labute approximate surface area is 66.3 Å². The Morgan fingerprint density at radius 2 is 2.00 bits per heavy atom. The standard InChI is InChI=1S/C9H11NO/c1-6-4-10-5-9(7(6)2)8(3)11/h4-5H,1-3H3. The van der Waals surface area contributed by atoms with E-state index in [4.69, 9.17) is 0 Å². The Balaban J connectivity index is 3.27. The second-order valence-corrected chi connectivity index (χ2v) is 2.69. The average Bonchev–Trinajstić information content (AvgIpc) is 1.94. The van der Waals surface area contributed by atoms with Crippen molar-refractivity contribution in [1.29, 1.82) is 0 Å². The van der Waals surface area contributed by atoms with Crippen molar-refractivity contribution in [3.8, 4) is 0 Å². The zero-order valence-electron chi connectivity index (χ0n) is 7.01. The molecule has 11 heavy (non-hydrogen) atoms.